The zero-order valence-electron chi connectivity index (χ0n) is 7.29. The van der Waals surface area contributed by atoms with Crippen LogP contribution in [0.5, 0.6) is 0 Å². The predicted octanol–water partition coefficient (Wildman–Crippen LogP) is 2.65. The van der Waals surface area contributed by atoms with E-state index in [9.17, 15) is 0 Å². The summed E-state index contributed by atoms with van der Waals surface area (Å²) in [4.78, 5) is 7.49. The molecule has 0 fully saturated rings. The van der Waals surface area contributed by atoms with Crippen LogP contribution in [0, 0.1) is 4.77 Å². The van der Waals surface area contributed by atoms with Crippen LogP contribution in [0.2, 0.25) is 0 Å². The average molecular weight is 230 g/mol. The van der Waals surface area contributed by atoms with Gasteiger partial charge >= 0.3 is 0 Å². The summed E-state index contributed by atoms with van der Waals surface area (Å²) in [5.41, 5.74) is 2.65. The van der Waals surface area contributed by atoms with Crippen molar-refractivity contribution in [2.45, 2.75) is 17.2 Å². The Balaban J connectivity index is 2.57. The van der Waals surface area contributed by atoms with Crippen molar-refractivity contribution in [1.82, 2.24) is 9.97 Å². The summed E-state index contributed by atoms with van der Waals surface area (Å²) >= 11 is 8.72. The van der Waals surface area contributed by atoms with Gasteiger partial charge in [0, 0.05) is 17.0 Å². The second-order valence-electron chi connectivity index (χ2n) is 2.81. The van der Waals surface area contributed by atoms with Gasteiger partial charge in [0.05, 0.1) is 0 Å². The maximum Gasteiger partial charge on any atom is 0.198 e. The lowest BCUT2D eigenvalue weighted by atomic mass is 10.2. The first kappa shape index (κ1) is 9.55. The molecule has 0 spiro atoms. The molecule has 13 heavy (non-hydrogen) atoms. The second-order valence-corrected chi connectivity index (χ2v) is 5.10. The van der Waals surface area contributed by atoms with Gasteiger partial charge in [-0.3, -0.25) is 0 Å². The molecule has 2 rings (SSSR count). The lowest BCUT2D eigenvalue weighted by Gasteiger charge is -2.16. The van der Waals surface area contributed by atoms with Crippen molar-refractivity contribution >= 4 is 35.7 Å². The molecule has 0 saturated carbocycles. The molecule has 0 amide bonds. The summed E-state index contributed by atoms with van der Waals surface area (Å²) in [7, 11) is 0. The van der Waals surface area contributed by atoms with Crippen LogP contribution >= 0.6 is 35.7 Å². The number of fused-ring (bicyclic) bond motifs is 1. The lowest BCUT2D eigenvalue weighted by molar-refractivity contribution is 0.881. The van der Waals surface area contributed by atoms with Gasteiger partial charge in [-0.15, -0.1) is 11.8 Å². The fraction of sp³-hybridized carbons (Fsp3) is 0.500. The van der Waals surface area contributed by atoms with E-state index in [1.165, 1.54) is 17.0 Å². The van der Waals surface area contributed by atoms with E-state index in [0.717, 1.165) is 17.2 Å². The largest absolute Gasteiger partial charge is 0.334 e. The Kier molecular flexibility index (Phi) is 2.96. The Morgan fingerprint density at radius 2 is 2.46 bits per heavy atom. The maximum atomic E-state index is 5.06. The van der Waals surface area contributed by atoms with E-state index >= 15 is 0 Å². The van der Waals surface area contributed by atoms with Crippen LogP contribution in [-0.2, 0) is 12.2 Å². The van der Waals surface area contributed by atoms with Gasteiger partial charge in [-0.25, -0.2) is 4.98 Å². The van der Waals surface area contributed by atoms with Crippen LogP contribution in [0.1, 0.15) is 11.3 Å². The van der Waals surface area contributed by atoms with Crippen molar-refractivity contribution in [3.05, 3.63) is 16.0 Å². The standard InChI is InChI=1S/C8H10N2S3/c1-12-7-5-4-13-3-2-6(5)9-8(11)10-7/h2-4H2,1H3,(H,9,10,11). The second kappa shape index (κ2) is 4.02. The highest BCUT2D eigenvalue weighted by Gasteiger charge is 2.14. The van der Waals surface area contributed by atoms with E-state index in [0.29, 0.717) is 4.77 Å². The molecule has 0 aromatic carbocycles. The number of hydrogen-bond donors (Lipinski definition) is 1. The van der Waals surface area contributed by atoms with Crippen molar-refractivity contribution in [3.8, 4) is 0 Å². The summed E-state index contributed by atoms with van der Waals surface area (Å²) in [6.45, 7) is 0. The molecular weight excluding hydrogens is 220 g/mol. The topological polar surface area (TPSA) is 28.7 Å². The Morgan fingerprint density at radius 1 is 1.62 bits per heavy atom. The molecule has 1 N–H and O–H groups in total. The molecule has 2 heterocycles. The Labute approximate surface area is 90.9 Å². The third kappa shape index (κ3) is 1.92. The number of hydrogen-bond acceptors (Lipinski definition) is 4. The van der Waals surface area contributed by atoms with Gasteiger partial charge in [-0.1, -0.05) is 0 Å². The number of H-pyrrole nitrogens is 1. The summed E-state index contributed by atoms with van der Waals surface area (Å²) in [5.74, 6) is 2.26. The molecular formula is C8H10N2S3. The first-order valence-electron chi connectivity index (χ1n) is 4.05. The SMILES string of the molecule is CSc1nc(=S)[nH]c2c1CSCC2. The smallest absolute Gasteiger partial charge is 0.198 e. The van der Waals surface area contributed by atoms with Crippen molar-refractivity contribution in [1.29, 1.82) is 0 Å². The first-order chi connectivity index (χ1) is 6.31. The van der Waals surface area contributed by atoms with Crippen molar-refractivity contribution in [2.75, 3.05) is 12.0 Å². The molecule has 70 valence electrons. The fourth-order valence-corrected chi connectivity index (χ4v) is 3.40. The highest BCUT2D eigenvalue weighted by atomic mass is 32.2. The minimum atomic E-state index is 0.620. The van der Waals surface area contributed by atoms with Crippen LogP contribution in [0.25, 0.3) is 0 Å². The molecule has 1 aromatic heterocycles. The Hall–Kier alpha value is -0.000000000000000111. The van der Waals surface area contributed by atoms with Gasteiger partial charge in [-0.05, 0) is 30.6 Å². The zero-order valence-corrected chi connectivity index (χ0v) is 9.74. The third-order valence-corrected chi connectivity index (χ3v) is 3.92. The van der Waals surface area contributed by atoms with Crippen molar-refractivity contribution in [2.24, 2.45) is 0 Å². The van der Waals surface area contributed by atoms with E-state index in [2.05, 4.69) is 16.2 Å². The van der Waals surface area contributed by atoms with Crippen LogP contribution in [0.15, 0.2) is 5.03 Å². The minimum absolute atomic E-state index is 0.620. The molecule has 1 aliphatic heterocycles. The highest BCUT2D eigenvalue weighted by Crippen LogP contribution is 2.29. The number of aromatic nitrogens is 2. The number of nitrogens with one attached hydrogen (secondary N) is 1. The monoisotopic (exact) mass is 230 g/mol. The number of thioether (sulfide) groups is 2. The van der Waals surface area contributed by atoms with Gasteiger partial charge in [0.15, 0.2) is 4.77 Å². The molecule has 0 aliphatic carbocycles. The van der Waals surface area contributed by atoms with Crippen LogP contribution in [-0.4, -0.2) is 22.0 Å². The van der Waals surface area contributed by atoms with E-state index in [1.54, 1.807) is 11.8 Å². The van der Waals surface area contributed by atoms with Gasteiger partial charge in [0.2, 0.25) is 0 Å². The molecule has 2 nitrogen and oxygen atoms in total. The molecule has 1 aromatic rings. The molecule has 5 heteroatoms. The minimum Gasteiger partial charge on any atom is -0.334 e. The summed E-state index contributed by atoms with van der Waals surface area (Å²) in [5, 5.41) is 1.10. The quantitative estimate of drug-likeness (QED) is 0.456. The lowest BCUT2D eigenvalue weighted by Crippen LogP contribution is -2.08. The summed E-state index contributed by atoms with van der Waals surface area (Å²) in [6.07, 6.45) is 3.15. The van der Waals surface area contributed by atoms with Crippen LogP contribution in [0.4, 0.5) is 0 Å². The molecule has 0 radical (unpaired) electrons. The number of nitrogens with zero attached hydrogens (tertiary/aromatic N) is 1. The molecule has 0 bridgehead atoms. The van der Waals surface area contributed by atoms with Gasteiger partial charge in [0.1, 0.15) is 5.03 Å². The molecule has 1 aliphatic rings. The Morgan fingerprint density at radius 3 is 3.23 bits per heavy atom. The van der Waals surface area contributed by atoms with E-state index < -0.39 is 0 Å². The van der Waals surface area contributed by atoms with E-state index in [4.69, 9.17) is 12.2 Å². The fourth-order valence-electron chi connectivity index (χ4n) is 1.40. The highest BCUT2D eigenvalue weighted by molar-refractivity contribution is 7.99. The summed E-state index contributed by atoms with van der Waals surface area (Å²) < 4.78 is 0.620. The van der Waals surface area contributed by atoms with Gasteiger partial charge < -0.3 is 4.98 Å². The molecule has 0 atom stereocenters. The average Bonchev–Trinajstić information content (AvgIpc) is 2.16. The predicted molar refractivity (Wildman–Crippen MR) is 61.1 cm³/mol. The van der Waals surface area contributed by atoms with Crippen molar-refractivity contribution < 1.29 is 0 Å². The molecule has 0 unspecified atom stereocenters. The van der Waals surface area contributed by atoms with E-state index in [-0.39, 0.29) is 0 Å². The van der Waals surface area contributed by atoms with Gasteiger partial charge in [0.25, 0.3) is 0 Å². The number of rotatable bonds is 1. The normalized spacial score (nSPS) is 15.5. The third-order valence-electron chi connectivity index (χ3n) is 2.02. The zero-order chi connectivity index (χ0) is 9.26. The summed E-state index contributed by atoms with van der Waals surface area (Å²) in [6, 6.07) is 0. The molecule has 0 saturated heterocycles. The van der Waals surface area contributed by atoms with Crippen LogP contribution in [0.3, 0.4) is 0 Å². The van der Waals surface area contributed by atoms with Gasteiger partial charge in [-0.2, -0.15) is 11.8 Å². The van der Waals surface area contributed by atoms with Crippen molar-refractivity contribution in [3.63, 3.8) is 0 Å². The number of aromatic amines is 1. The maximum absolute atomic E-state index is 5.06. The first-order valence-corrected chi connectivity index (χ1v) is 6.84. The van der Waals surface area contributed by atoms with E-state index in [1.807, 2.05) is 11.8 Å². The number of aryl methyl sites for hydroxylation is 1. The van der Waals surface area contributed by atoms with Crippen LogP contribution < -0.4 is 0 Å². The Bertz CT molecular complexity index is 352.